The molecule has 2 heteroatoms. The summed E-state index contributed by atoms with van der Waals surface area (Å²) < 4.78 is 7.25. The molecule has 11 aromatic carbocycles. The highest BCUT2D eigenvalue weighted by Gasteiger charge is 2.52. The predicted molar refractivity (Wildman–Crippen MR) is 254 cm³/mol. The highest BCUT2D eigenvalue weighted by atomic mass is 16.5. The summed E-state index contributed by atoms with van der Waals surface area (Å²) in [4.78, 5) is 2.48. The molecule has 0 atom stereocenters. The molecule has 1 aliphatic carbocycles. The number of ether oxygens (including phenoxy) is 1. The van der Waals surface area contributed by atoms with Crippen LogP contribution in [0.5, 0.6) is 11.5 Å². The van der Waals surface area contributed by atoms with E-state index < -0.39 is 5.41 Å². The van der Waals surface area contributed by atoms with E-state index in [4.69, 9.17) is 4.74 Å². The predicted octanol–water partition coefficient (Wildman–Crippen LogP) is 15.9. The molecule has 0 radical (unpaired) electrons. The lowest BCUT2D eigenvalue weighted by atomic mass is 9.65. The molecule has 1 heterocycles. The van der Waals surface area contributed by atoms with Crippen LogP contribution in [-0.2, 0) is 5.41 Å². The molecule has 0 saturated carbocycles. The Morgan fingerprint density at radius 2 is 0.738 bits per heavy atom. The van der Waals surface area contributed by atoms with E-state index in [2.05, 4.69) is 229 Å². The van der Waals surface area contributed by atoms with Crippen molar-refractivity contribution in [2.45, 2.75) is 5.41 Å². The first kappa shape index (κ1) is 34.0. The topological polar surface area (TPSA) is 12.5 Å². The van der Waals surface area contributed by atoms with Crippen LogP contribution in [0.1, 0.15) is 22.3 Å². The fourth-order valence-electron chi connectivity index (χ4n) is 10.7. The Balaban J connectivity index is 1.12. The summed E-state index contributed by atoms with van der Waals surface area (Å²) >= 11 is 0. The van der Waals surface area contributed by atoms with E-state index in [1.807, 2.05) is 0 Å². The van der Waals surface area contributed by atoms with Crippen molar-refractivity contribution in [3.05, 3.63) is 247 Å². The Morgan fingerprint density at radius 1 is 0.295 bits per heavy atom. The van der Waals surface area contributed by atoms with Crippen LogP contribution in [0.25, 0.3) is 65.3 Å². The van der Waals surface area contributed by atoms with E-state index in [1.165, 1.54) is 54.9 Å². The SMILES string of the molecule is c1ccc(N(c2cccc3ccccc23)c2cccc3ccccc23)c(-c2ccc3c(c2)C2(c4ccccc4-3)c3ccc4ccccc4c3Oc3c2ccc2ccccc32)c1. The molecule has 0 bridgehead atoms. The molecule has 0 N–H and O–H groups in total. The van der Waals surface area contributed by atoms with Crippen molar-refractivity contribution in [2.75, 3.05) is 4.90 Å². The molecule has 284 valence electrons. The first-order valence-corrected chi connectivity index (χ1v) is 21.1. The Bertz CT molecular complexity index is 3420. The minimum absolute atomic E-state index is 0.640. The van der Waals surface area contributed by atoms with Gasteiger partial charge in [-0.05, 0) is 73.6 Å². The minimum Gasteiger partial charge on any atom is -0.455 e. The highest BCUT2D eigenvalue weighted by molar-refractivity contribution is 6.07. The molecule has 1 aliphatic heterocycles. The molecule has 0 fully saturated rings. The molecule has 0 saturated heterocycles. The van der Waals surface area contributed by atoms with Crippen LogP contribution < -0.4 is 9.64 Å². The van der Waals surface area contributed by atoms with Crippen molar-refractivity contribution in [3.63, 3.8) is 0 Å². The van der Waals surface area contributed by atoms with Gasteiger partial charge in [0.15, 0.2) is 0 Å². The lowest BCUT2D eigenvalue weighted by molar-refractivity contribution is 0.447. The molecule has 0 aromatic heterocycles. The summed E-state index contributed by atoms with van der Waals surface area (Å²) in [6.45, 7) is 0. The summed E-state index contributed by atoms with van der Waals surface area (Å²) in [7, 11) is 0. The number of rotatable bonds is 4. The van der Waals surface area contributed by atoms with E-state index >= 15 is 0 Å². The fourth-order valence-corrected chi connectivity index (χ4v) is 10.7. The van der Waals surface area contributed by atoms with E-state index in [0.29, 0.717) is 0 Å². The van der Waals surface area contributed by atoms with Crippen LogP contribution in [0.15, 0.2) is 224 Å². The third kappa shape index (κ3) is 4.79. The number of hydrogen-bond donors (Lipinski definition) is 0. The first-order valence-electron chi connectivity index (χ1n) is 21.1. The zero-order valence-corrected chi connectivity index (χ0v) is 33.2. The summed E-state index contributed by atoms with van der Waals surface area (Å²) in [6, 6.07) is 82.4. The van der Waals surface area contributed by atoms with Gasteiger partial charge in [-0.1, -0.05) is 200 Å². The van der Waals surface area contributed by atoms with Gasteiger partial charge < -0.3 is 9.64 Å². The van der Waals surface area contributed by atoms with Gasteiger partial charge in [-0.25, -0.2) is 0 Å². The quantitative estimate of drug-likeness (QED) is 0.177. The Labute approximate surface area is 354 Å². The van der Waals surface area contributed by atoms with E-state index in [-0.39, 0.29) is 0 Å². The van der Waals surface area contributed by atoms with Crippen LogP contribution in [-0.4, -0.2) is 0 Å². The van der Waals surface area contributed by atoms with E-state index in [9.17, 15) is 0 Å². The standard InChI is InChI=1S/C59H37NO/c1-5-21-43-38(15-1)19-13-29-55(43)60(56-30-14-20-39-16-2-6-22-44(39)56)54-28-12-10-23-45(54)42-31-34-49-48-26-9-11-27-50(48)59(53(49)37-42)51-35-32-40-17-3-7-24-46(40)57(51)61-58-47-25-8-4-18-41(47)33-36-52(58)59/h1-37H. The van der Waals surface area contributed by atoms with Gasteiger partial charge in [0.2, 0.25) is 0 Å². The molecule has 0 amide bonds. The second-order valence-electron chi connectivity index (χ2n) is 16.3. The van der Waals surface area contributed by atoms with Crippen LogP contribution in [0, 0.1) is 0 Å². The number of fused-ring (bicyclic) bond motifs is 15. The maximum atomic E-state index is 7.25. The Kier molecular flexibility index (Phi) is 7.26. The minimum atomic E-state index is -0.640. The summed E-state index contributed by atoms with van der Waals surface area (Å²) in [5.74, 6) is 1.85. The normalized spacial score (nSPS) is 13.2. The maximum Gasteiger partial charge on any atom is 0.140 e. The van der Waals surface area contributed by atoms with Crippen LogP contribution >= 0.6 is 0 Å². The number of benzene rings is 11. The third-order valence-corrected chi connectivity index (χ3v) is 13.3. The average Bonchev–Trinajstić information content (AvgIpc) is 3.61. The number of anilines is 3. The molecule has 0 unspecified atom stereocenters. The summed E-state index contributed by atoms with van der Waals surface area (Å²) in [6.07, 6.45) is 0. The van der Waals surface area contributed by atoms with Crippen LogP contribution in [0.4, 0.5) is 17.1 Å². The van der Waals surface area contributed by atoms with Gasteiger partial charge in [-0.3, -0.25) is 0 Å². The fraction of sp³-hybridized carbons (Fsp3) is 0.0169. The van der Waals surface area contributed by atoms with Gasteiger partial charge in [0.05, 0.1) is 22.5 Å². The van der Waals surface area contributed by atoms with Gasteiger partial charge >= 0.3 is 0 Å². The molecule has 61 heavy (non-hydrogen) atoms. The zero-order chi connectivity index (χ0) is 40.1. The Hall–Kier alpha value is -7.94. The van der Waals surface area contributed by atoms with E-state index in [1.54, 1.807) is 0 Å². The third-order valence-electron chi connectivity index (χ3n) is 13.3. The smallest absolute Gasteiger partial charge is 0.140 e. The average molecular weight is 776 g/mol. The Morgan fingerprint density at radius 3 is 1.34 bits per heavy atom. The molecule has 1 spiro atoms. The molecule has 11 aromatic rings. The second-order valence-corrected chi connectivity index (χ2v) is 16.3. The van der Waals surface area contributed by atoms with Gasteiger partial charge in [0.1, 0.15) is 11.5 Å². The lowest BCUT2D eigenvalue weighted by Gasteiger charge is -2.40. The van der Waals surface area contributed by atoms with Gasteiger partial charge in [-0.2, -0.15) is 0 Å². The monoisotopic (exact) mass is 775 g/mol. The number of hydrogen-bond acceptors (Lipinski definition) is 2. The van der Waals surface area contributed by atoms with Crippen molar-refractivity contribution in [2.24, 2.45) is 0 Å². The number of para-hydroxylation sites is 1. The molecule has 2 aliphatic rings. The maximum absolute atomic E-state index is 7.25. The zero-order valence-electron chi connectivity index (χ0n) is 33.2. The van der Waals surface area contributed by atoms with Gasteiger partial charge in [-0.15, -0.1) is 0 Å². The highest BCUT2D eigenvalue weighted by Crippen LogP contribution is 2.64. The van der Waals surface area contributed by atoms with Crippen molar-refractivity contribution in [1.29, 1.82) is 0 Å². The van der Waals surface area contributed by atoms with Gasteiger partial charge in [0.25, 0.3) is 0 Å². The first-order chi connectivity index (χ1) is 30.3. The van der Waals surface area contributed by atoms with Crippen molar-refractivity contribution >= 4 is 60.2 Å². The largest absolute Gasteiger partial charge is 0.455 e. The number of nitrogens with zero attached hydrogens (tertiary/aromatic N) is 1. The molecule has 2 nitrogen and oxygen atoms in total. The van der Waals surface area contributed by atoms with Crippen LogP contribution in [0.2, 0.25) is 0 Å². The second kappa shape index (κ2) is 13.0. The van der Waals surface area contributed by atoms with Crippen molar-refractivity contribution < 1.29 is 4.74 Å². The lowest BCUT2D eigenvalue weighted by Crippen LogP contribution is -2.32. The van der Waals surface area contributed by atoms with Crippen molar-refractivity contribution in [3.8, 4) is 33.8 Å². The summed E-state index contributed by atoms with van der Waals surface area (Å²) in [5, 5.41) is 9.37. The summed E-state index contributed by atoms with van der Waals surface area (Å²) in [5.41, 5.74) is 12.4. The van der Waals surface area contributed by atoms with Gasteiger partial charge in [0, 0.05) is 38.2 Å². The van der Waals surface area contributed by atoms with Crippen molar-refractivity contribution in [1.82, 2.24) is 0 Å². The molecular formula is C59H37NO. The van der Waals surface area contributed by atoms with Crippen LogP contribution in [0.3, 0.4) is 0 Å². The molecular weight excluding hydrogens is 739 g/mol. The van der Waals surface area contributed by atoms with E-state index in [0.717, 1.165) is 61.2 Å². The molecule has 13 rings (SSSR count).